The molecule has 3 fully saturated rings. The van der Waals surface area contributed by atoms with E-state index >= 15 is 0 Å². The van der Waals surface area contributed by atoms with Crippen LogP contribution in [0.3, 0.4) is 0 Å². The van der Waals surface area contributed by atoms with E-state index in [4.69, 9.17) is 9.47 Å². The molecule has 0 aliphatic carbocycles. The molecule has 1 aromatic carbocycles. The number of amides is 2. The third-order valence-corrected chi connectivity index (χ3v) is 9.16. The summed E-state index contributed by atoms with van der Waals surface area (Å²) in [6.07, 6.45) is 3.26. The monoisotopic (exact) mass is 629 g/mol. The lowest BCUT2D eigenvalue weighted by Crippen LogP contribution is -2.59. The number of benzene rings is 1. The van der Waals surface area contributed by atoms with Crippen molar-refractivity contribution in [1.82, 2.24) is 24.8 Å². The number of nitrogens with zero attached hydrogens (tertiary/aromatic N) is 5. The van der Waals surface area contributed by atoms with E-state index in [2.05, 4.69) is 39.4 Å². The molecule has 2 bridgehead atoms. The van der Waals surface area contributed by atoms with E-state index in [-0.39, 0.29) is 49.0 Å². The number of hydrogen-bond acceptors (Lipinski definition) is 8. The second kappa shape index (κ2) is 11.7. The smallest absolute Gasteiger partial charge is 0.312 e. The normalized spacial score (nSPS) is 29.1. The zero-order valence-electron chi connectivity index (χ0n) is 23.3. The second-order valence-corrected chi connectivity index (χ2v) is 12.5. The maximum atomic E-state index is 14.7. The molecule has 11 nitrogen and oxygen atoms in total. The molecule has 2 aromatic rings. The first-order valence-electron chi connectivity index (χ1n) is 13.9. The van der Waals surface area contributed by atoms with Gasteiger partial charge in [-0.1, -0.05) is 65.9 Å². The van der Waals surface area contributed by atoms with Crippen molar-refractivity contribution in [3.8, 4) is 0 Å². The van der Waals surface area contributed by atoms with Gasteiger partial charge >= 0.3 is 5.97 Å². The van der Waals surface area contributed by atoms with Crippen LogP contribution in [-0.4, -0.2) is 96.1 Å². The highest BCUT2D eigenvalue weighted by Gasteiger charge is 2.77. The number of aliphatic hydroxyl groups is 1. The zero-order valence-corrected chi connectivity index (χ0v) is 24.9. The number of halogens is 1. The second-order valence-electron chi connectivity index (χ2n) is 11.4. The molecule has 1 aromatic heterocycles. The van der Waals surface area contributed by atoms with Gasteiger partial charge in [-0.15, -0.1) is 11.7 Å². The van der Waals surface area contributed by atoms with E-state index < -0.39 is 41.6 Å². The molecule has 7 atom stereocenters. The molecule has 41 heavy (non-hydrogen) atoms. The van der Waals surface area contributed by atoms with Crippen LogP contribution in [0.15, 0.2) is 49.6 Å². The molecule has 3 aliphatic rings. The molecule has 2 amide bonds. The Labute approximate surface area is 247 Å². The Kier molecular flexibility index (Phi) is 8.36. The van der Waals surface area contributed by atoms with Gasteiger partial charge < -0.3 is 24.4 Å². The van der Waals surface area contributed by atoms with E-state index in [1.54, 1.807) is 15.7 Å². The van der Waals surface area contributed by atoms with Crippen LogP contribution in [0.5, 0.6) is 0 Å². The van der Waals surface area contributed by atoms with Gasteiger partial charge in [-0.3, -0.25) is 14.4 Å². The summed E-state index contributed by atoms with van der Waals surface area (Å²) in [5, 5.41) is 18.9. The molecule has 1 spiro atoms. The topological polar surface area (TPSA) is 127 Å². The minimum Gasteiger partial charge on any atom is -0.461 e. The first-order valence-corrected chi connectivity index (χ1v) is 14.8. The van der Waals surface area contributed by atoms with Gasteiger partial charge in [0.05, 0.1) is 36.1 Å². The van der Waals surface area contributed by atoms with Crippen LogP contribution >= 0.6 is 15.9 Å². The number of para-hydroxylation sites is 1. The number of fused-ring (bicyclic) bond motifs is 2. The van der Waals surface area contributed by atoms with Crippen molar-refractivity contribution in [3.05, 3.63) is 49.6 Å². The summed E-state index contributed by atoms with van der Waals surface area (Å²) in [5.74, 6) is -3.00. The van der Waals surface area contributed by atoms with Crippen LogP contribution in [0, 0.1) is 17.8 Å². The number of rotatable bonds is 12. The molecule has 12 heteroatoms. The van der Waals surface area contributed by atoms with Gasteiger partial charge in [0.2, 0.25) is 11.8 Å². The van der Waals surface area contributed by atoms with Crippen molar-refractivity contribution >= 4 is 44.7 Å². The predicted octanol–water partition coefficient (Wildman–Crippen LogP) is 2.29. The van der Waals surface area contributed by atoms with Gasteiger partial charge in [-0.05, 0) is 30.9 Å². The number of aromatic nitrogens is 3. The summed E-state index contributed by atoms with van der Waals surface area (Å²) < 4.78 is 13.6. The fourth-order valence-corrected chi connectivity index (χ4v) is 7.74. The van der Waals surface area contributed by atoms with Crippen molar-refractivity contribution in [1.29, 1.82) is 0 Å². The van der Waals surface area contributed by atoms with Crippen molar-refractivity contribution in [3.63, 3.8) is 0 Å². The van der Waals surface area contributed by atoms with Crippen LogP contribution in [0.25, 0.3) is 11.0 Å². The summed E-state index contributed by atoms with van der Waals surface area (Å²) in [6, 6.07) is 5.72. The molecule has 1 N–H and O–H groups in total. The summed E-state index contributed by atoms with van der Waals surface area (Å²) >= 11 is 3.66. The maximum absolute atomic E-state index is 14.7. The fraction of sp³-hybridized carbons (Fsp3) is 0.552. The van der Waals surface area contributed by atoms with E-state index in [0.29, 0.717) is 18.4 Å². The molecule has 3 saturated heterocycles. The molecule has 5 rings (SSSR count). The van der Waals surface area contributed by atoms with Crippen LogP contribution < -0.4 is 0 Å². The van der Waals surface area contributed by atoms with Crippen LogP contribution in [-0.2, 0) is 30.5 Å². The molecular weight excluding hydrogens is 594 g/mol. The van der Waals surface area contributed by atoms with Gasteiger partial charge in [0.15, 0.2) is 0 Å². The Balaban J connectivity index is 1.57. The van der Waals surface area contributed by atoms with Crippen molar-refractivity contribution < 1.29 is 29.0 Å². The lowest BCUT2D eigenvalue weighted by Gasteiger charge is -2.39. The van der Waals surface area contributed by atoms with E-state index in [0.717, 1.165) is 5.52 Å². The number of ether oxygens (including phenoxy) is 2. The summed E-state index contributed by atoms with van der Waals surface area (Å²) in [5.41, 5.74) is 0.160. The Morgan fingerprint density at radius 2 is 2.07 bits per heavy atom. The van der Waals surface area contributed by atoms with Crippen LogP contribution in [0.4, 0.5) is 0 Å². The summed E-state index contributed by atoms with van der Waals surface area (Å²) in [4.78, 5) is 45.0. The molecule has 4 heterocycles. The zero-order chi connectivity index (χ0) is 29.5. The first-order chi connectivity index (χ1) is 19.7. The van der Waals surface area contributed by atoms with E-state index in [1.807, 2.05) is 38.1 Å². The average Bonchev–Trinajstić information content (AvgIpc) is 3.67. The number of carbonyl (C=O) groups excluding carboxylic acids is 3. The number of carbonyl (C=O) groups is 3. The molecule has 3 unspecified atom stereocenters. The Morgan fingerprint density at radius 1 is 1.32 bits per heavy atom. The van der Waals surface area contributed by atoms with E-state index in [1.165, 1.54) is 11.0 Å². The molecule has 220 valence electrons. The number of aliphatic hydroxyl groups excluding tert-OH is 1. The lowest BCUT2D eigenvalue weighted by molar-refractivity contribution is -0.156. The number of esters is 1. The first kappa shape index (κ1) is 29.4. The highest BCUT2D eigenvalue weighted by molar-refractivity contribution is 9.09. The average molecular weight is 631 g/mol. The van der Waals surface area contributed by atoms with Gasteiger partial charge in [0.1, 0.15) is 30.4 Å². The maximum Gasteiger partial charge on any atom is 0.312 e. The molecule has 3 aliphatic heterocycles. The van der Waals surface area contributed by atoms with Crippen molar-refractivity contribution in [2.75, 3.05) is 19.8 Å². The number of likely N-dealkylation sites (tertiary alicyclic amines) is 1. The van der Waals surface area contributed by atoms with Crippen molar-refractivity contribution in [2.45, 2.75) is 62.0 Å². The third-order valence-electron chi connectivity index (χ3n) is 8.31. The SMILES string of the molecule is C=CCOC(=O)[C@H]1[C@@H]2OC3(CC2Br)C(C(=O)N(CC=C)Cn2nnc4ccccc42)N([C@@H](CO)CC(C)C)C(=O)[C@H]13. The van der Waals surface area contributed by atoms with Gasteiger partial charge in [-0.2, -0.15) is 0 Å². The third kappa shape index (κ3) is 4.89. The number of alkyl halides is 1. The van der Waals surface area contributed by atoms with E-state index in [9.17, 15) is 19.5 Å². The highest BCUT2D eigenvalue weighted by atomic mass is 79.9. The largest absolute Gasteiger partial charge is 0.461 e. The van der Waals surface area contributed by atoms with Crippen LogP contribution in [0.1, 0.15) is 26.7 Å². The highest BCUT2D eigenvalue weighted by Crippen LogP contribution is 2.60. The van der Waals surface area contributed by atoms with Gasteiger partial charge in [0.25, 0.3) is 0 Å². The standard InChI is InChI=1S/C29H36BrN5O6/c1-5-11-33(16-34-21-10-8-7-9-20(21)31-32-34)27(38)25-29-14-19(30)24(41-29)22(28(39)40-12-6-2)23(29)26(37)35(25)18(15-36)13-17(3)4/h5-10,17-19,22-25,36H,1-2,11-16H2,3-4H3/t18-,19?,22-,23+,24-,25?,29?/m1/s1. The molecule has 0 radical (unpaired) electrons. The Hall–Kier alpha value is -3.09. The minimum atomic E-state index is -1.28. The van der Waals surface area contributed by atoms with Gasteiger partial charge in [-0.25, -0.2) is 4.68 Å². The molecular formula is C29H36BrN5O6. The van der Waals surface area contributed by atoms with Crippen molar-refractivity contribution in [2.24, 2.45) is 17.8 Å². The minimum absolute atomic E-state index is 0.000574. The van der Waals surface area contributed by atoms with Gasteiger partial charge in [0, 0.05) is 11.4 Å². The van der Waals surface area contributed by atoms with Crippen LogP contribution in [0.2, 0.25) is 0 Å². The molecule has 0 saturated carbocycles. The lowest BCUT2D eigenvalue weighted by atomic mass is 9.70. The Bertz CT molecular complexity index is 1350. The summed E-state index contributed by atoms with van der Waals surface area (Å²) in [6.45, 7) is 11.3. The quantitative estimate of drug-likeness (QED) is 0.215. The fourth-order valence-electron chi connectivity index (χ4n) is 6.80. The Morgan fingerprint density at radius 3 is 2.76 bits per heavy atom. The number of hydrogen-bond donors (Lipinski definition) is 1. The predicted molar refractivity (Wildman–Crippen MR) is 153 cm³/mol. The summed E-state index contributed by atoms with van der Waals surface area (Å²) in [7, 11) is 0.